The van der Waals surface area contributed by atoms with E-state index in [1.54, 1.807) is 0 Å². The van der Waals surface area contributed by atoms with Crippen molar-refractivity contribution in [2.75, 3.05) is 13.2 Å². The van der Waals surface area contributed by atoms with Crippen molar-refractivity contribution in [2.24, 2.45) is 11.1 Å². The summed E-state index contributed by atoms with van der Waals surface area (Å²) in [4.78, 5) is 11.7. The van der Waals surface area contributed by atoms with Gasteiger partial charge in [-0.05, 0) is 18.3 Å². The average molecular weight is 270 g/mol. The molecule has 3 N–H and O–H groups in total. The normalized spacial score (nSPS) is 19.2. The monoisotopic (exact) mass is 270 g/mol. The molecule has 0 bridgehead atoms. The van der Waals surface area contributed by atoms with Crippen molar-refractivity contribution in [3.63, 3.8) is 0 Å². The van der Waals surface area contributed by atoms with Crippen molar-refractivity contribution in [1.29, 1.82) is 0 Å². The minimum atomic E-state index is -0.105. The van der Waals surface area contributed by atoms with Gasteiger partial charge in [0, 0.05) is 19.0 Å². The van der Waals surface area contributed by atoms with Gasteiger partial charge in [-0.15, -0.1) is 0 Å². The first-order valence-electron chi connectivity index (χ1n) is 7.53. The van der Waals surface area contributed by atoms with Crippen LogP contribution in [0.2, 0.25) is 0 Å². The van der Waals surface area contributed by atoms with Crippen LogP contribution in [0.5, 0.6) is 0 Å². The number of carbonyl (C=O) groups is 1. The molecule has 1 atom stereocenters. The maximum absolute atomic E-state index is 11.7. The fourth-order valence-electron chi connectivity index (χ4n) is 2.23. The van der Waals surface area contributed by atoms with Gasteiger partial charge in [-0.2, -0.15) is 0 Å². The topological polar surface area (TPSA) is 64.4 Å². The lowest BCUT2D eigenvalue weighted by Gasteiger charge is -2.26. The smallest absolute Gasteiger partial charge is 0.221 e. The second-order valence-electron chi connectivity index (χ2n) is 6.66. The summed E-state index contributed by atoms with van der Waals surface area (Å²) >= 11 is 0. The van der Waals surface area contributed by atoms with Crippen LogP contribution in [0, 0.1) is 5.41 Å². The molecule has 112 valence electrons. The van der Waals surface area contributed by atoms with E-state index in [0.29, 0.717) is 25.7 Å². The number of amides is 1. The predicted molar refractivity (Wildman–Crippen MR) is 77.9 cm³/mol. The largest absolute Gasteiger partial charge is 0.376 e. The van der Waals surface area contributed by atoms with Gasteiger partial charge >= 0.3 is 0 Å². The van der Waals surface area contributed by atoms with E-state index < -0.39 is 0 Å². The van der Waals surface area contributed by atoms with Crippen LogP contribution in [0.25, 0.3) is 0 Å². The fourth-order valence-corrected chi connectivity index (χ4v) is 2.23. The number of rotatable bonds is 6. The molecule has 0 aromatic carbocycles. The van der Waals surface area contributed by atoms with Crippen molar-refractivity contribution in [3.8, 4) is 0 Å². The van der Waals surface area contributed by atoms with Gasteiger partial charge in [0.05, 0.1) is 12.7 Å². The fraction of sp³-hybridized carbons (Fsp3) is 0.933. The van der Waals surface area contributed by atoms with Crippen molar-refractivity contribution in [1.82, 2.24) is 5.32 Å². The van der Waals surface area contributed by atoms with Crippen LogP contribution in [-0.4, -0.2) is 31.2 Å². The number of nitrogens with one attached hydrogen (secondary N) is 1. The molecular weight excluding hydrogens is 240 g/mol. The molecule has 4 nitrogen and oxygen atoms in total. The second kappa shape index (κ2) is 7.85. The summed E-state index contributed by atoms with van der Waals surface area (Å²) in [5.74, 6) is 0.0228. The molecule has 1 rings (SSSR count). The average Bonchev–Trinajstić information content (AvgIpc) is 2.35. The van der Waals surface area contributed by atoms with Gasteiger partial charge in [0.25, 0.3) is 0 Å². The first-order valence-corrected chi connectivity index (χ1v) is 7.53. The summed E-state index contributed by atoms with van der Waals surface area (Å²) in [7, 11) is 0. The maximum Gasteiger partial charge on any atom is 0.221 e. The van der Waals surface area contributed by atoms with Crippen molar-refractivity contribution < 1.29 is 9.53 Å². The molecule has 0 aliphatic heterocycles. The van der Waals surface area contributed by atoms with Gasteiger partial charge in [0.1, 0.15) is 0 Å². The molecule has 1 fully saturated rings. The van der Waals surface area contributed by atoms with E-state index in [1.807, 2.05) is 0 Å². The first kappa shape index (κ1) is 16.4. The minimum absolute atomic E-state index is 0.0228. The number of carbonyl (C=O) groups excluding carboxylic acids is 1. The Labute approximate surface area is 117 Å². The summed E-state index contributed by atoms with van der Waals surface area (Å²) in [5, 5.41) is 2.88. The summed E-state index contributed by atoms with van der Waals surface area (Å²) < 4.78 is 5.76. The maximum atomic E-state index is 11.7. The lowest BCUT2D eigenvalue weighted by molar-refractivity contribution is -0.122. The molecule has 4 heteroatoms. The molecular formula is C15H30N2O2. The number of hydrogen-bond donors (Lipinski definition) is 2. The SMILES string of the molecule is CC(C)(C)C(N)CC(=O)NCCOC1CCCCC1. The van der Waals surface area contributed by atoms with Gasteiger partial charge in [0.2, 0.25) is 5.91 Å². The summed E-state index contributed by atoms with van der Waals surface area (Å²) in [6, 6.07) is -0.105. The highest BCUT2D eigenvalue weighted by Crippen LogP contribution is 2.20. The highest BCUT2D eigenvalue weighted by molar-refractivity contribution is 5.76. The number of nitrogens with two attached hydrogens (primary N) is 1. The van der Waals surface area contributed by atoms with Gasteiger partial charge < -0.3 is 15.8 Å². The van der Waals surface area contributed by atoms with E-state index in [-0.39, 0.29) is 17.4 Å². The van der Waals surface area contributed by atoms with Gasteiger partial charge in [-0.3, -0.25) is 4.79 Å². The second-order valence-corrected chi connectivity index (χ2v) is 6.66. The Balaban J connectivity index is 2.07. The predicted octanol–water partition coefficient (Wildman–Crippen LogP) is 2.22. The van der Waals surface area contributed by atoms with Crippen LogP contribution in [0.1, 0.15) is 59.3 Å². The lowest BCUT2D eigenvalue weighted by atomic mass is 9.85. The Morgan fingerprint density at radius 1 is 1.32 bits per heavy atom. The van der Waals surface area contributed by atoms with Crippen molar-refractivity contribution in [2.45, 2.75) is 71.4 Å². The van der Waals surface area contributed by atoms with Gasteiger partial charge in [-0.25, -0.2) is 0 Å². The summed E-state index contributed by atoms with van der Waals surface area (Å²) in [6.07, 6.45) is 7.01. The molecule has 1 aliphatic rings. The highest BCUT2D eigenvalue weighted by atomic mass is 16.5. The van der Waals surface area contributed by atoms with Gasteiger partial charge in [-0.1, -0.05) is 40.0 Å². The number of ether oxygens (including phenoxy) is 1. The molecule has 0 heterocycles. The zero-order valence-electron chi connectivity index (χ0n) is 12.7. The summed E-state index contributed by atoms with van der Waals surface area (Å²) in [5.41, 5.74) is 5.95. The highest BCUT2D eigenvalue weighted by Gasteiger charge is 2.22. The molecule has 0 spiro atoms. The minimum Gasteiger partial charge on any atom is -0.376 e. The Morgan fingerprint density at radius 2 is 1.95 bits per heavy atom. The van der Waals surface area contributed by atoms with E-state index in [4.69, 9.17) is 10.5 Å². The molecule has 1 saturated carbocycles. The zero-order chi connectivity index (χ0) is 14.3. The van der Waals surface area contributed by atoms with E-state index in [9.17, 15) is 4.79 Å². The van der Waals surface area contributed by atoms with E-state index in [0.717, 1.165) is 0 Å². The molecule has 1 unspecified atom stereocenters. The quantitative estimate of drug-likeness (QED) is 0.727. The third-order valence-electron chi connectivity index (χ3n) is 3.85. The molecule has 0 radical (unpaired) electrons. The Bertz CT molecular complexity index is 268. The van der Waals surface area contributed by atoms with Crippen molar-refractivity contribution >= 4 is 5.91 Å². The molecule has 1 amide bonds. The zero-order valence-corrected chi connectivity index (χ0v) is 12.7. The van der Waals surface area contributed by atoms with E-state index in [2.05, 4.69) is 26.1 Å². The van der Waals surface area contributed by atoms with Crippen LogP contribution >= 0.6 is 0 Å². The lowest BCUT2D eigenvalue weighted by Crippen LogP contribution is -2.40. The van der Waals surface area contributed by atoms with Crippen LogP contribution in [-0.2, 0) is 9.53 Å². The Hall–Kier alpha value is -0.610. The molecule has 0 saturated heterocycles. The standard InChI is InChI=1S/C15H30N2O2/c1-15(2,3)13(16)11-14(18)17-9-10-19-12-7-5-4-6-8-12/h12-13H,4-11,16H2,1-3H3,(H,17,18). The van der Waals surface area contributed by atoms with E-state index in [1.165, 1.54) is 32.1 Å². The Kier molecular flexibility index (Phi) is 6.80. The number of hydrogen-bond acceptors (Lipinski definition) is 3. The molecule has 0 aromatic heterocycles. The van der Waals surface area contributed by atoms with Crippen LogP contribution in [0.3, 0.4) is 0 Å². The van der Waals surface area contributed by atoms with Crippen LogP contribution in [0.15, 0.2) is 0 Å². The first-order chi connectivity index (χ1) is 8.89. The molecule has 1 aliphatic carbocycles. The van der Waals surface area contributed by atoms with E-state index >= 15 is 0 Å². The van der Waals surface area contributed by atoms with Crippen molar-refractivity contribution in [3.05, 3.63) is 0 Å². The summed E-state index contributed by atoms with van der Waals surface area (Å²) in [6.45, 7) is 7.36. The molecule has 19 heavy (non-hydrogen) atoms. The Morgan fingerprint density at radius 3 is 2.53 bits per heavy atom. The third-order valence-corrected chi connectivity index (χ3v) is 3.85. The van der Waals surface area contributed by atoms with Crippen LogP contribution in [0.4, 0.5) is 0 Å². The molecule has 0 aromatic rings. The third kappa shape index (κ3) is 6.92. The van der Waals surface area contributed by atoms with Crippen LogP contribution < -0.4 is 11.1 Å². The van der Waals surface area contributed by atoms with Gasteiger partial charge in [0.15, 0.2) is 0 Å².